The Morgan fingerprint density at radius 1 is 1.40 bits per heavy atom. The Morgan fingerprint density at radius 2 is 2.05 bits per heavy atom. The lowest BCUT2D eigenvalue weighted by Crippen LogP contribution is -2.43. The van der Waals surface area contributed by atoms with Gasteiger partial charge in [0.1, 0.15) is 5.60 Å². The Morgan fingerprint density at radius 3 is 2.60 bits per heavy atom. The van der Waals surface area contributed by atoms with Gasteiger partial charge in [0.05, 0.1) is 22.3 Å². The van der Waals surface area contributed by atoms with Crippen molar-refractivity contribution in [3.05, 3.63) is 15.9 Å². The molecule has 0 aromatic carbocycles. The summed E-state index contributed by atoms with van der Waals surface area (Å²) in [7, 11) is 1.67. The second-order valence-corrected chi connectivity index (χ2v) is 6.31. The molecule has 1 aliphatic rings. The molecule has 1 aliphatic carbocycles. The predicted octanol–water partition coefficient (Wildman–Crippen LogP) is 3.43. The SMILES string of the molecule is CCn1nc(C)c(Br)c1CC(=O)C1(OC)CCCCC1. The van der Waals surface area contributed by atoms with Crippen LogP contribution in [0.3, 0.4) is 0 Å². The lowest BCUT2D eigenvalue weighted by molar-refractivity contribution is -0.144. The summed E-state index contributed by atoms with van der Waals surface area (Å²) in [6, 6.07) is 0. The molecule has 0 saturated heterocycles. The van der Waals surface area contributed by atoms with Crippen molar-refractivity contribution in [1.82, 2.24) is 9.78 Å². The molecule has 0 bridgehead atoms. The quantitative estimate of drug-likeness (QED) is 0.823. The molecule has 1 fully saturated rings. The van der Waals surface area contributed by atoms with Crippen LogP contribution >= 0.6 is 15.9 Å². The number of carbonyl (C=O) groups excluding carboxylic acids is 1. The third kappa shape index (κ3) is 2.84. The van der Waals surface area contributed by atoms with Crippen molar-refractivity contribution >= 4 is 21.7 Å². The fraction of sp³-hybridized carbons (Fsp3) is 0.733. The second-order valence-electron chi connectivity index (χ2n) is 5.52. The number of aryl methyl sites for hydroxylation is 2. The predicted molar refractivity (Wildman–Crippen MR) is 81.9 cm³/mol. The van der Waals surface area contributed by atoms with E-state index in [-0.39, 0.29) is 5.78 Å². The maximum atomic E-state index is 12.8. The van der Waals surface area contributed by atoms with Crippen molar-refractivity contribution in [2.75, 3.05) is 7.11 Å². The molecule has 0 atom stereocenters. The van der Waals surface area contributed by atoms with Crippen LogP contribution in [0.15, 0.2) is 4.47 Å². The Labute approximate surface area is 129 Å². The summed E-state index contributed by atoms with van der Waals surface area (Å²) in [5.41, 5.74) is 1.33. The second kappa shape index (κ2) is 6.39. The molecule has 1 aromatic heterocycles. The van der Waals surface area contributed by atoms with Crippen LogP contribution in [0.5, 0.6) is 0 Å². The van der Waals surface area contributed by atoms with Gasteiger partial charge in [-0.05, 0) is 42.6 Å². The zero-order valence-corrected chi connectivity index (χ0v) is 14.1. The molecule has 2 rings (SSSR count). The van der Waals surface area contributed by atoms with Crippen LogP contribution in [0.4, 0.5) is 0 Å². The summed E-state index contributed by atoms with van der Waals surface area (Å²) in [5, 5.41) is 4.45. The van der Waals surface area contributed by atoms with Crippen molar-refractivity contribution in [2.45, 2.75) is 64.5 Å². The van der Waals surface area contributed by atoms with E-state index in [0.717, 1.165) is 48.1 Å². The Kier molecular flexibility index (Phi) is 5.02. The van der Waals surface area contributed by atoms with Gasteiger partial charge in [0.15, 0.2) is 5.78 Å². The van der Waals surface area contributed by atoms with Crippen LogP contribution in [0.1, 0.15) is 50.4 Å². The normalized spacial score (nSPS) is 18.2. The Balaban J connectivity index is 2.22. The molecule has 0 unspecified atom stereocenters. The van der Waals surface area contributed by atoms with Crippen molar-refractivity contribution < 1.29 is 9.53 Å². The van der Waals surface area contributed by atoms with Gasteiger partial charge in [-0.25, -0.2) is 0 Å². The fourth-order valence-corrected chi connectivity index (χ4v) is 3.49. The van der Waals surface area contributed by atoms with Crippen LogP contribution in [0.2, 0.25) is 0 Å². The van der Waals surface area contributed by atoms with Crippen molar-refractivity contribution in [2.24, 2.45) is 0 Å². The summed E-state index contributed by atoms with van der Waals surface area (Å²) < 4.78 is 8.50. The first-order valence-electron chi connectivity index (χ1n) is 7.34. The van der Waals surface area contributed by atoms with Gasteiger partial charge < -0.3 is 4.74 Å². The molecule has 0 amide bonds. The topological polar surface area (TPSA) is 44.1 Å². The number of hydrogen-bond acceptors (Lipinski definition) is 3. The third-order valence-electron chi connectivity index (χ3n) is 4.34. The molecule has 0 spiro atoms. The number of ketones is 1. The highest BCUT2D eigenvalue weighted by molar-refractivity contribution is 9.10. The van der Waals surface area contributed by atoms with Crippen molar-refractivity contribution in [3.63, 3.8) is 0 Å². The number of methoxy groups -OCH3 is 1. The van der Waals surface area contributed by atoms with Gasteiger partial charge in [-0.15, -0.1) is 0 Å². The van der Waals surface area contributed by atoms with E-state index in [4.69, 9.17) is 4.74 Å². The van der Waals surface area contributed by atoms with E-state index >= 15 is 0 Å². The van der Waals surface area contributed by atoms with Gasteiger partial charge in [-0.2, -0.15) is 5.10 Å². The molecule has 1 saturated carbocycles. The minimum absolute atomic E-state index is 0.190. The van der Waals surface area contributed by atoms with E-state index in [1.54, 1.807) is 7.11 Å². The number of aromatic nitrogens is 2. The van der Waals surface area contributed by atoms with E-state index in [9.17, 15) is 4.79 Å². The van der Waals surface area contributed by atoms with Crippen LogP contribution in [-0.4, -0.2) is 28.3 Å². The smallest absolute Gasteiger partial charge is 0.170 e. The largest absolute Gasteiger partial charge is 0.370 e. The van der Waals surface area contributed by atoms with Crippen molar-refractivity contribution in [3.8, 4) is 0 Å². The molecule has 0 aliphatic heterocycles. The van der Waals surface area contributed by atoms with Crippen molar-refractivity contribution in [1.29, 1.82) is 0 Å². The zero-order valence-electron chi connectivity index (χ0n) is 12.5. The van der Waals surface area contributed by atoms with Crippen LogP contribution in [0, 0.1) is 6.92 Å². The minimum Gasteiger partial charge on any atom is -0.370 e. The first-order valence-corrected chi connectivity index (χ1v) is 8.13. The average molecular weight is 343 g/mol. The van der Waals surface area contributed by atoms with Crippen LogP contribution < -0.4 is 0 Å². The van der Waals surface area contributed by atoms with Gasteiger partial charge >= 0.3 is 0 Å². The molecule has 20 heavy (non-hydrogen) atoms. The molecule has 112 valence electrons. The highest BCUT2D eigenvalue weighted by Crippen LogP contribution is 2.34. The molecule has 1 heterocycles. The lowest BCUT2D eigenvalue weighted by atomic mass is 9.80. The third-order valence-corrected chi connectivity index (χ3v) is 5.37. The number of rotatable bonds is 5. The minimum atomic E-state index is -0.575. The summed E-state index contributed by atoms with van der Waals surface area (Å²) in [4.78, 5) is 12.8. The summed E-state index contributed by atoms with van der Waals surface area (Å²) >= 11 is 3.56. The van der Waals surface area contributed by atoms with Gasteiger partial charge in [0.25, 0.3) is 0 Å². The number of ether oxygens (including phenoxy) is 1. The molecule has 0 radical (unpaired) electrons. The summed E-state index contributed by atoms with van der Waals surface area (Å²) in [5.74, 6) is 0.190. The van der Waals surface area contributed by atoms with Gasteiger partial charge in [-0.1, -0.05) is 19.3 Å². The highest BCUT2D eigenvalue weighted by Gasteiger charge is 2.39. The van der Waals surface area contributed by atoms with E-state index in [1.807, 2.05) is 18.5 Å². The maximum absolute atomic E-state index is 12.8. The first-order chi connectivity index (χ1) is 9.54. The Hall–Kier alpha value is -0.680. The zero-order chi connectivity index (χ0) is 14.8. The average Bonchev–Trinajstić information content (AvgIpc) is 2.75. The number of hydrogen-bond donors (Lipinski definition) is 0. The van der Waals surface area contributed by atoms with Gasteiger partial charge in [-0.3, -0.25) is 9.48 Å². The fourth-order valence-electron chi connectivity index (χ4n) is 3.07. The number of nitrogens with zero attached hydrogens (tertiary/aromatic N) is 2. The van der Waals surface area contributed by atoms with E-state index in [0.29, 0.717) is 6.42 Å². The standard InChI is InChI=1S/C15H23BrN2O2/c1-4-18-12(14(16)11(2)17-18)10-13(19)15(20-3)8-6-5-7-9-15/h4-10H2,1-3H3. The molecular weight excluding hydrogens is 320 g/mol. The van der Waals surface area contributed by atoms with E-state index in [1.165, 1.54) is 6.42 Å². The number of halogens is 1. The maximum Gasteiger partial charge on any atom is 0.170 e. The lowest BCUT2D eigenvalue weighted by Gasteiger charge is -2.34. The molecule has 0 N–H and O–H groups in total. The number of Topliss-reactive ketones (excluding diaryl/α,β-unsaturated/α-hetero) is 1. The van der Waals surface area contributed by atoms with Crippen LogP contribution in [0.25, 0.3) is 0 Å². The molecule has 4 nitrogen and oxygen atoms in total. The van der Waals surface area contributed by atoms with E-state index in [2.05, 4.69) is 21.0 Å². The Bertz CT molecular complexity index is 490. The monoisotopic (exact) mass is 342 g/mol. The first kappa shape index (κ1) is 15.7. The van der Waals surface area contributed by atoms with Gasteiger partial charge in [0.2, 0.25) is 0 Å². The highest BCUT2D eigenvalue weighted by atomic mass is 79.9. The summed E-state index contributed by atoms with van der Waals surface area (Å²) in [6.45, 7) is 4.77. The van der Waals surface area contributed by atoms with Gasteiger partial charge in [0, 0.05) is 13.7 Å². The van der Waals surface area contributed by atoms with E-state index < -0.39 is 5.60 Å². The molecular formula is C15H23BrN2O2. The number of carbonyl (C=O) groups is 1. The molecule has 5 heteroatoms. The molecule has 1 aromatic rings. The summed E-state index contributed by atoms with van der Waals surface area (Å²) in [6.07, 6.45) is 5.44. The van der Waals surface area contributed by atoms with Crippen LogP contribution in [-0.2, 0) is 22.5 Å².